The van der Waals surface area contributed by atoms with E-state index in [0.29, 0.717) is 19.3 Å². The molecule has 29 heavy (non-hydrogen) atoms. The van der Waals surface area contributed by atoms with E-state index in [-0.39, 0.29) is 5.82 Å². The summed E-state index contributed by atoms with van der Waals surface area (Å²) in [6.07, 6.45) is 4.12. The van der Waals surface area contributed by atoms with Crippen molar-refractivity contribution < 1.29 is 13.9 Å². The fourth-order valence-corrected chi connectivity index (χ4v) is 4.08. The van der Waals surface area contributed by atoms with Gasteiger partial charge in [-0.25, -0.2) is 9.07 Å². The molecule has 0 atom stereocenters. The van der Waals surface area contributed by atoms with Crippen LogP contribution in [0.3, 0.4) is 0 Å². The lowest BCUT2D eigenvalue weighted by Crippen LogP contribution is -2.32. The van der Waals surface area contributed by atoms with Crippen LogP contribution in [0.1, 0.15) is 35.6 Å². The number of benzene rings is 2. The van der Waals surface area contributed by atoms with Crippen molar-refractivity contribution in [3.05, 3.63) is 71.3 Å². The minimum Gasteiger partial charge on any atom is -0.454 e. The maximum Gasteiger partial charge on any atom is 0.231 e. The van der Waals surface area contributed by atoms with Crippen LogP contribution >= 0.6 is 0 Å². The maximum atomic E-state index is 13.4. The van der Waals surface area contributed by atoms with Crippen LogP contribution in [0.2, 0.25) is 0 Å². The van der Waals surface area contributed by atoms with Crippen LogP contribution in [-0.2, 0) is 13.1 Å². The molecule has 5 rings (SSSR count). The summed E-state index contributed by atoms with van der Waals surface area (Å²) in [5.41, 5.74) is 3.16. The van der Waals surface area contributed by atoms with E-state index in [1.165, 1.54) is 17.7 Å². The fourth-order valence-electron chi connectivity index (χ4n) is 4.08. The Kier molecular flexibility index (Phi) is 4.89. The molecule has 0 unspecified atom stereocenters. The van der Waals surface area contributed by atoms with Crippen molar-refractivity contribution in [1.29, 1.82) is 0 Å². The third-order valence-electron chi connectivity index (χ3n) is 5.64. The first-order valence-corrected chi connectivity index (χ1v) is 9.98. The van der Waals surface area contributed by atoms with Crippen molar-refractivity contribution >= 4 is 0 Å². The normalized spacial score (nSPS) is 17.0. The van der Waals surface area contributed by atoms with Gasteiger partial charge in [0.05, 0.1) is 12.2 Å². The predicted molar refractivity (Wildman–Crippen MR) is 105 cm³/mol. The van der Waals surface area contributed by atoms with Crippen LogP contribution in [0.5, 0.6) is 11.5 Å². The van der Waals surface area contributed by atoms with Crippen molar-refractivity contribution in [2.75, 3.05) is 19.9 Å². The molecule has 0 amide bonds. The Morgan fingerprint density at radius 1 is 0.966 bits per heavy atom. The molecule has 0 saturated carbocycles. The lowest BCUT2D eigenvalue weighted by Gasteiger charge is -2.31. The number of hydrogen-bond acceptors (Lipinski definition) is 5. The molecule has 3 heterocycles. The molecule has 2 aromatic carbocycles. The molecule has 1 fully saturated rings. The monoisotopic (exact) mass is 394 g/mol. The van der Waals surface area contributed by atoms with Gasteiger partial charge >= 0.3 is 0 Å². The molecule has 2 aliphatic rings. The summed E-state index contributed by atoms with van der Waals surface area (Å²) in [5.74, 6) is 1.86. The van der Waals surface area contributed by atoms with Gasteiger partial charge < -0.3 is 9.47 Å². The van der Waals surface area contributed by atoms with Crippen molar-refractivity contribution in [3.8, 4) is 11.5 Å². The minimum atomic E-state index is -0.224. The molecule has 3 aromatic rings. The summed E-state index contributed by atoms with van der Waals surface area (Å²) in [6.45, 7) is 3.80. The highest BCUT2D eigenvalue weighted by atomic mass is 19.1. The van der Waals surface area contributed by atoms with Crippen molar-refractivity contribution in [1.82, 2.24) is 19.9 Å². The number of fused-ring (bicyclic) bond motifs is 1. The Morgan fingerprint density at radius 3 is 2.66 bits per heavy atom. The van der Waals surface area contributed by atoms with Gasteiger partial charge in [-0.3, -0.25) is 4.90 Å². The van der Waals surface area contributed by atoms with E-state index in [9.17, 15) is 4.39 Å². The van der Waals surface area contributed by atoms with Gasteiger partial charge in [-0.2, -0.15) is 0 Å². The van der Waals surface area contributed by atoms with Gasteiger partial charge in [0.15, 0.2) is 11.5 Å². The Labute approximate surface area is 168 Å². The average Bonchev–Trinajstić information content (AvgIpc) is 3.38. The maximum absolute atomic E-state index is 13.4. The quantitative estimate of drug-likeness (QED) is 0.662. The number of hydrogen-bond donors (Lipinski definition) is 0. The first kappa shape index (κ1) is 18.1. The second-order valence-electron chi connectivity index (χ2n) is 7.71. The topological polar surface area (TPSA) is 52.4 Å². The molecule has 0 N–H and O–H groups in total. The Morgan fingerprint density at radius 2 is 1.79 bits per heavy atom. The van der Waals surface area contributed by atoms with Crippen LogP contribution in [0.15, 0.2) is 48.7 Å². The zero-order chi connectivity index (χ0) is 19.6. The second-order valence-corrected chi connectivity index (χ2v) is 7.71. The molecule has 150 valence electrons. The van der Waals surface area contributed by atoms with E-state index in [2.05, 4.69) is 27.3 Å². The summed E-state index contributed by atoms with van der Waals surface area (Å²) in [5, 5.41) is 8.62. The highest BCUT2D eigenvalue weighted by molar-refractivity contribution is 5.44. The molecule has 0 radical (unpaired) electrons. The number of ether oxygens (including phenoxy) is 2. The molecule has 0 aliphatic carbocycles. The molecule has 0 bridgehead atoms. The van der Waals surface area contributed by atoms with Gasteiger partial charge in [0, 0.05) is 18.7 Å². The number of aromatic nitrogens is 3. The van der Waals surface area contributed by atoms with Crippen molar-refractivity contribution in [3.63, 3.8) is 0 Å². The molecule has 2 aliphatic heterocycles. The van der Waals surface area contributed by atoms with Crippen molar-refractivity contribution in [2.24, 2.45) is 0 Å². The van der Waals surface area contributed by atoms with Crippen LogP contribution < -0.4 is 9.47 Å². The van der Waals surface area contributed by atoms with Gasteiger partial charge in [0.2, 0.25) is 6.79 Å². The molecular formula is C22H23FN4O2. The zero-order valence-corrected chi connectivity index (χ0v) is 16.1. The summed E-state index contributed by atoms with van der Waals surface area (Å²) in [4.78, 5) is 2.46. The lowest BCUT2D eigenvalue weighted by atomic mass is 9.94. The molecule has 7 heteroatoms. The standard InChI is InChI=1S/C22H23FN4O2/c23-19-3-1-2-16(10-19)13-27-14-20(24-25-27)18-6-8-26(9-7-18)12-17-4-5-21-22(11-17)29-15-28-21/h1-5,10-11,14,18H,6-9,12-13,15H2. The van der Waals surface area contributed by atoms with Gasteiger partial charge in [0.1, 0.15) is 5.82 Å². The van der Waals surface area contributed by atoms with Crippen LogP contribution in [0.25, 0.3) is 0 Å². The summed E-state index contributed by atoms with van der Waals surface area (Å²) in [7, 11) is 0. The number of rotatable bonds is 5. The highest BCUT2D eigenvalue weighted by Crippen LogP contribution is 2.33. The van der Waals surface area contributed by atoms with Gasteiger partial charge in [-0.05, 0) is 61.3 Å². The van der Waals surface area contributed by atoms with E-state index in [4.69, 9.17) is 9.47 Å². The number of nitrogens with zero attached hydrogens (tertiary/aromatic N) is 4. The lowest BCUT2D eigenvalue weighted by molar-refractivity contribution is 0.173. The summed E-state index contributed by atoms with van der Waals surface area (Å²) in [6, 6.07) is 12.8. The third-order valence-corrected chi connectivity index (χ3v) is 5.64. The number of halogens is 1. The van der Waals surface area contributed by atoms with Crippen LogP contribution in [0, 0.1) is 5.82 Å². The molecule has 1 saturated heterocycles. The smallest absolute Gasteiger partial charge is 0.231 e. The van der Waals surface area contributed by atoms with Gasteiger partial charge in [0.25, 0.3) is 0 Å². The number of likely N-dealkylation sites (tertiary alicyclic amines) is 1. The van der Waals surface area contributed by atoms with E-state index < -0.39 is 0 Å². The first-order chi connectivity index (χ1) is 14.2. The van der Waals surface area contributed by atoms with E-state index in [1.54, 1.807) is 10.7 Å². The molecule has 6 nitrogen and oxygen atoms in total. The fraction of sp³-hybridized carbons (Fsp3) is 0.364. The van der Waals surface area contributed by atoms with Gasteiger partial charge in [-0.1, -0.05) is 23.4 Å². The Hall–Kier alpha value is -2.93. The second kappa shape index (κ2) is 7.83. The number of piperidine rings is 1. The Balaban J connectivity index is 1.16. The molecule has 0 spiro atoms. The van der Waals surface area contributed by atoms with Crippen LogP contribution in [-0.4, -0.2) is 39.8 Å². The largest absolute Gasteiger partial charge is 0.454 e. The minimum absolute atomic E-state index is 0.224. The zero-order valence-electron chi connectivity index (χ0n) is 16.1. The average molecular weight is 394 g/mol. The Bertz CT molecular complexity index is 998. The van der Waals surface area contributed by atoms with E-state index >= 15 is 0 Å². The predicted octanol–water partition coefficient (Wildman–Crippen LogP) is 3.57. The summed E-state index contributed by atoms with van der Waals surface area (Å²) >= 11 is 0. The SMILES string of the molecule is Fc1cccc(Cn2cc(C3CCN(Cc4ccc5c(c4)OCO5)CC3)nn2)c1. The van der Waals surface area contributed by atoms with Crippen LogP contribution in [0.4, 0.5) is 4.39 Å². The first-order valence-electron chi connectivity index (χ1n) is 9.98. The molecular weight excluding hydrogens is 371 g/mol. The van der Waals surface area contributed by atoms with E-state index in [1.807, 2.05) is 18.3 Å². The third kappa shape index (κ3) is 4.10. The highest BCUT2D eigenvalue weighted by Gasteiger charge is 2.23. The summed E-state index contributed by atoms with van der Waals surface area (Å²) < 4.78 is 26.0. The van der Waals surface area contributed by atoms with Crippen molar-refractivity contribution in [2.45, 2.75) is 31.8 Å². The van der Waals surface area contributed by atoms with E-state index in [0.717, 1.165) is 55.2 Å². The molecule has 1 aromatic heterocycles. The van der Waals surface area contributed by atoms with Gasteiger partial charge in [-0.15, -0.1) is 5.10 Å².